The zero-order valence-corrected chi connectivity index (χ0v) is 14.9. The van der Waals surface area contributed by atoms with E-state index in [1.165, 1.54) is 0 Å². The summed E-state index contributed by atoms with van der Waals surface area (Å²) in [6.45, 7) is 2.04. The first-order valence-electron chi connectivity index (χ1n) is 8.46. The summed E-state index contributed by atoms with van der Waals surface area (Å²) in [5, 5.41) is 15.1. The van der Waals surface area contributed by atoms with Gasteiger partial charge in [0.15, 0.2) is 0 Å². The zero-order chi connectivity index (χ0) is 18.0. The molecule has 3 N–H and O–H groups in total. The van der Waals surface area contributed by atoms with Crippen molar-refractivity contribution in [3.63, 3.8) is 0 Å². The molecule has 1 saturated carbocycles. The van der Waals surface area contributed by atoms with Crippen molar-refractivity contribution in [2.24, 2.45) is 11.8 Å². The highest BCUT2D eigenvalue weighted by Gasteiger charge is 2.41. The first-order valence-corrected chi connectivity index (χ1v) is 9.61. The number of carboxylic acids is 1. The molecule has 134 valence electrons. The van der Waals surface area contributed by atoms with E-state index in [0.29, 0.717) is 30.0 Å². The summed E-state index contributed by atoms with van der Waals surface area (Å²) in [6, 6.07) is 6.55. The number of thioether (sulfide) groups is 1. The van der Waals surface area contributed by atoms with E-state index in [4.69, 9.17) is 0 Å². The van der Waals surface area contributed by atoms with E-state index in [0.717, 1.165) is 17.9 Å². The van der Waals surface area contributed by atoms with Gasteiger partial charge in [-0.05, 0) is 61.0 Å². The summed E-state index contributed by atoms with van der Waals surface area (Å²) < 4.78 is 0. The van der Waals surface area contributed by atoms with E-state index < -0.39 is 17.4 Å². The summed E-state index contributed by atoms with van der Waals surface area (Å²) in [6.07, 6.45) is 1.76. The van der Waals surface area contributed by atoms with Gasteiger partial charge in [0.05, 0.1) is 0 Å². The minimum absolute atomic E-state index is 0.00855. The average molecular weight is 362 g/mol. The highest BCUT2D eigenvalue weighted by atomic mass is 32.2. The van der Waals surface area contributed by atoms with Crippen molar-refractivity contribution >= 4 is 35.2 Å². The molecule has 0 spiro atoms. The highest BCUT2D eigenvalue weighted by Crippen LogP contribution is 2.38. The first kappa shape index (κ1) is 17.8. The van der Waals surface area contributed by atoms with Crippen LogP contribution >= 0.6 is 11.8 Å². The molecular weight excluding hydrogens is 340 g/mol. The fraction of sp³-hybridized carbons (Fsp3) is 0.500. The summed E-state index contributed by atoms with van der Waals surface area (Å²) in [5.41, 5.74) is -0.156. The number of amides is 2. The van der Waals surface area contributed by atoms with Gasteiger partial charge in [0.1, 0.15) is 5.54 Å². The van der Waals surface area contributed by atoms with E-state index in [1.54, 1.807) is 36.0 Å². The Bertz CT molecular complexity index is 683. The fourth-order valence-electron chi connectivity index (χ4n) is 3.03. The van der Waals surface area contributed by atoms with Gasteiger partial charge >= 0.3 is 5.97 Å². The number of nitrogens with one attached hydrogen (secondary N) is 2. The molecule has 0 radical (unpaired) electrons. The molecule has 2 amide bonds. The molecule has 7 heteroatoms. The zero-order valence-electron chi connectivity index (χ0n) is 14.1. The van der Waals surface area contributed by atoms with E-state index in [-0.39, 0.29) is 11.8 Å². The molecule has 2 fully saturated rings. The number of hydrogen-bond donors (Lipinski definition) is 3. The molecule has 1 saturated heterocycles. The largest absolute Gasteiger partial charge is 0.480 e. The van der Waals surface area contributed by atoms with Gasteiger partial charge in [-0.2, -0.15) is 11.8 Å². The quantitative estimate of drug-likeness (QED) is 0.747. The summed E-state index contributed by atoms with van der Waals surface area (Å²) in [5.74, 6) is 0.586. The number of carbonyl (C=O) groups is 3. The van der Waals surface area contributed by atoms with Gasteiger partial charge in [-0.25, -0.2) is 4.79 Å². The van der Waals surface area contributed by atoms with Crippen molar-refractivity contribution in [2.75, 3.05) is 16.8 Å². The third-order valence-corrected chi connectivity index (χ3v) is 5.96. The lowest BCUT2D eigenvalue weighted by Crippen LogP contribution is -2.56. The Hall–Kier alpha value is -2.02. The van der Waals surface area contributed by atoms with Gasteiger partial charge < -0.3 is 15.7 Å². The molecule has 1 heterocycles. The van der Waals surface area contributed by atoms with Crippen molar-refractivity contribution in [1.29, 1.82) is 0 Å². The van der Waals surface area contributed by atoms with Gasteiger partial charge in [-0.15, -0.1) is 0 Å². The van der Waals surface area contributed by atoms with Crippen LogP contribution in [0.2, 0.25) is 0 Å². The Morgan fingerprint density at radius 3 is 2.28 bits per heavy atom. The molecule has 1 aromatic carbocycles. The lowest BCUT2D eigenvalue weighted by Gasteiger charge is -2.33. The summed E-state index contributed by atoms with van der Waals surface area (Å²) in [4.78, 5) is 36.0. The number of benzene rings is 1. The molecule has 1 aromatic rings. The third-order valence-electron chi connectivity index (χ3n) is 4.97. The van der Waals surface area contributed by atoms with E-state index >= 15 is 0 Å². The van der Waals surface area contributed by atoms with E-state index in [2.05, 4.69) is 10.6 Å². The van der Waals surface area contributed by atoms with Gasteiger partial charge in [-0.1, -0.05) is 6.92 Å². The minimum atomic E-state index is -1.18. The van der Waals surface area contributed by atoms with Crippen LogP contribution in [0.15, 0.2) is 24.3 Å². The average Bonchev–Trinajstić information content (AvgIpc) is 3.33. The number of anilines is 1. The second kappa shape index (κ2) is 7.07. The fourth-order valence-corrected chi connectivity index (χ4v) is 4.22. The van der Waals surface area contributed by atoms with Crippen LogP contribution in [0.25, 0.3) is 0 Å². The minimum Gasteiger partial charge on any atom is -0.480 e. The van der Waals surface area contributed by atoms with Gasteiger partial charge in [0, 0.05) is 17.2 Å². The standard InChI is InChI=1S/C18H22N2O4S/c1-11-10-14(11)16(22)19-13-4-2-12(3-5-13)15(21)20-18(17(23)24)6-8-25-9-7-18/h2-5,11,14H,6-10H2,1H3,(H,19,22)(H,20,21)(H,23,24). The molecule has 3 rings (SSSR count). The van der Waals surface area contributed by atoms with Crippen LogP contribution in [0.1, 0.15) is 36.5 Å². The van der Waals surface area contributed by atoms with Crippen LogP contribution in [0, 0.1) is 11.8 Å². The summed E-state index contributed by atoms with van der Waals surface area (Å²) in [7, 11) is 0. The molecule has 1 aliphatic heterocycles. The molecule has 0 bridgehead atoms. The van der Waals surface area contributed by atoms with Crippen molar-refractivity contribution < 1.29 is 19.5 Å². The van der Waals surface area contributed by atoms with Crippen LogP contribution in [0.5, 0.6) is 0 Å². The van der Waals surface area contributed by atoms with Crippen molar-refractivity contribution in [3.8, 4) is 0 Å². The second-order valence-corrected chi connectivity index (χ2v) is 8.06. The molecule has 1 aliphatic carbocycles. The maximum atomic E-state index is 12.4. The van der Waals surface area contributed by atoms with Crippen LogP contribution in [0.3, 0.4) is 0 Å². The van der Waals surface area contributed by atoms with Crippen molar-refractivity contribution in [2.45, 2.75) is 31.7 Å². The number of carboxylic acid groups (broad SMARTS) is 1. The van der Waals surface area contributed by atoms with Crippen molar-refractivity contribution in [1.82, 2.24) is 5.32 Å². The molecular formula is C18H22N2O4S. The predicted octanol–water partition coefficient (Wildman–Crippen LogP) is 2.36. The second-order valence-electron chi connectivity index (χ2n) is 6.84. The normalized spacial score (nSPS) is 24.2. The van der Waals surface area contributed by atoms with Crippen LogP contribution in [0.4, 0.5) is 5.69 Å². The van der Waals surface area contributed by atoms with Gasteiger partial charge in [0.25, 0.3) is 5.91 Å². The molecule has 0 aromatic heterocycles. The number of aliphatic carboxylic acids is 1. The lowest BCUT2D eigenvalue weighted by atomic mass is 9.92. The smallest absolute Gasteiger partial charge is 0.329 e. The van der Waals surface area contributed by atoms with Gasteiger partial charge in [-0.3, -0.25) is 9.59 Å². The maximum Gasteiger partial charge on any atom is 0.329 e. The predicted molar refractivity (Wildman–Crippen MR) is 96.7 cm³/mol. The topological polar surface area (TPSA) is 95.5 Å². The maximum absolute atomic E-state index is 12.4. The molecule has 2 unspecified atom stereocenters. The Balaban J connectivity index is 1.64. The molecule has 25 heavy (non-hydrogen) atoms. The third kappa shape index (κ3) is 3.98. The monoisotopic (exact) mass is 362 g/mol. The Kier molecular flexibility index (Phi) is 5.03. The highest BCUT2D eigenvalue weighted by molar-refractivity contribution is 7.99. The Labute approximate surface area is 150 Å². The Morgan fingerprint density at radius 2 is 1.76 bits per heavy atom. The number of rotatable bonds is 5. The first-order chi connectivity index (χ1) is 11.9. The lowest BCUT2D eigenvalue weighted by molar-refractivity contribution is -0.144. The van der Waals surface area contributed by atoms with E-state index in [9.17, 15) is 19.5 Å². The summed E-state index contributed by atoms with van der Waals surface area (Å²) >= 11 is 1.70. The molecule has 2 aliphatic rings. The van der Waals surface area contributed by atoms with E-state index in [1.807, 2.05) is 6.92 Å². The van der Waals surface area contributed by atoms with Gasteiger partial charge in [0.2, 0.25) is 5.91 Å². The Morgan fingerprint density at radius 1 is 1.16 bits per heavy atom. The van der Waals surface area contributed by atoms with Crippen molar-refractivity contribution in [3.05, 3.63) is 29.8 Å². The SMILES string of the molecule is CC1CC1C(=O)Nc1ccc(C(=O)NC2(C(=O)O)CCSCC2)cc1. The number of carbonyl (C=O) groups excluding carboxylic acids is 2. The molecule has 6 nitrogen and oxygen atoms in total. The van der Waals surface area contributed by atoms with Crippen LogP contribution in [-0.4, -0.2) is 39.9 Å². The number of hydrogen-bond acceptors (Lipinski definition) is 4. The van der Waals surface area contributed by atoms with Crippen LogP contribution in [-0.2, 0) is 9.59 Å². The molecule has 2 atom stereocenters. The van der Waals surface area contributed by atoms with Crippen LogP contribution < -0.4 is 10.6 Å².